The van der Waals surface area contributed by atoms with E-state index in [9.17, 15) is 4.79 Å². The van der Waals surface area contributed by atoms with Gasteiger partial charge in [0, 0.05) is 24.7 Å². The van der Waals surface area contributed by atoms with E-state index in [1.165, 1.54) is 0 Å². The van der Waals surface area contributed by atoms with Gasteiger partial charge in [0.05, 0.1) is 11.6 Å². The quantitative estimate of drug-likeness (QED) is 0.837. The molecule has 2 rings (SSSR count). The van der Waals surface area contributed by atoms with E-state index in [1.54, 1.807) is 29.2 Å². The predicted octanol–water partition coefficient (Wildman–Crippen LogP) is 1.54. The molecule has 0 saturated carbocycles. The van der Waals surface area contributed by atoms with Gasteiger partial charge in [0.15, 0.2) is 0 Å². The average molecular weight is 266 g/mol. The zero-order valence-corrected chi connectivity index (χ0v) is 10.8. The van der Waals surface area contributed by atoms with Crippen LogP contribution in [0.4, 0.5) is 0 Å². The number of piperidine rings is 1. The Labute approximate surface area is 113 Å². The molecule has 1 aliphatic heterocycles. The van der Waals surface area contributed by atoms with Gasteiger partial charge in [-0.25, -0.2) is 0 Å². The third-order valence-corrected chi connectivity index (χ3v) is 3.01. The number of hydrogen-bond donors (Lipinski definition) is 1. The molecule has 0 radical (unpaired) electrons. The van der Waals surface area contributed by atoms with Crippen LogP contribution in [0.1, 0.15) is 28.8 Å². The summed E-state index contributed by atoms with van der Waals surface area (Å²) in [6.07, 6.45) is 1.94. The molecule has 4 nitrogen and oxygen atoms in total. The molecule has 1 unspecified atom stereocenters. The van der Waals surface area contributed by atoms with Gasteiger partial charge in [-0.15, -0.1) is 12.4 Å². The number of nitrogens with zero attached hydrogens (tertiary/aromatic N) is 2. The monoisotopic (exact) mass is 265 g/mol. The Morgan fingerprint density at radius 2 is 2.06 bits per heavy atom. The Hall–Kier alpha value is -1.57. The number of amides is 1. The van der Waals surface area contributed by atoms with Crippen molar-refractivity contribution in [3.63, 3.8) is 0 Å². The van der Waals surface area contributed by atoms with Crippen molar-refractivity contribution in [1.29, 1.82) is 5.26 Å². The van der Waals surface area contributed by atoms with Crippen LogP contribution in [0.2, 0.25) is 0 Å². The zero-order valence-electron chi connectivity index (χ0n) is 10.0. The molecular formula is C13H16ClN3O. The maximum atomic E-state index is 12.1. The Kier molecular flexibility index (Phi) is 5.14. The lowest BCUT2D eigenvalue weighted by Crippen LogP contribution is -2.45. The maximum absolute atomic E-state index is 12.1. The second kappa shape index (κ2) is 6.39. The van der Waals surface area contributed by atoms with Crippen molar-refractivity contribution in [3.05, 3.63) is 35.4 Å². The Morgan fingerprint density at radius 1 is 1.39 bits per heavy atom. The molecule has 0 spiro atoms. The number of rotatable bonds is 1. The summed E-state index contributed by atoms with van der Waals surface area (Å²) in [5.41, 5.74) is 7.04. The molecule has 5 heteroatoms. The van der Waals surface area contributed by atoms with E-state index in [1.807, 2.05) is 6.07 Å². The lowest BCUT2D eigenvalue weighted by molar-refractivity contribution is 0.0709. The number of likely N-dealkylation sites (tertiary alicyclic amines) is 1. The number of benzene rings is 1. The highest BCUT2D eigenvalue weighted by molar-refractivity contribution is 5.94. The first kappa shape index (κ1) is 14.5. The zero-order chi connectivity index (χ0) is 12.3. The van der Waals surface area contributed by atoms with E-state index < -0.39 is 0 Å². The second-order valence-corrected chi connectivity index (χ2v) is 4.34. The van der Waals surface area contributed by atoms with Crippen LogP contribution in [0.5, 0.6) is 0 Å². The van der Waals surface area contributed by atoms with Crippen LogP contribution in [0, 0.1) is 11.3 Å². The number of halogens is 1. The fraction of sp³-hybridized carbons (Fsp3) is 0.385. The van der Waals surface area contributed by atoms with Crippen molar-refractivity contribution < 1.29 is 4.79 Å². The van der Waals surface area contributed by atoms with E-state index in [2.05, 4.69) is 0 Å². The van der Waals surface area contributed by atoms with Crippen molar-refractivity contribution in [1.82, 2.24) is 4.90 Å². The summed E-state index contributed by atoms with van der Waals surface area (Å²) in [5.74, 6) is 0.00430. The molecule has 1 fully saturated rings. The largest absolute Gasteiger partial charge is 0.337 e. The van der Waals surface area contributed by atoms with Crippen LogP contribution >= 0.6 is 12.4 Å². The summed E-state index contributed by atoms with van der Waals surface area (Å²) in [5, 5.41) is 8.69. The van der Waals surface area contributed by atoms with Crippen molar-refractivity contribution in [3.8, 4) is 6.07 Å². The number of nitriles is 1. The molecule has 1 saturated heterocycles. The molecule has 1 aromatic rings. The molecule has 96 valence electrons. The van der Waals surface area contributed by atoms with Crippen molar-refractivity contribution in [2.24, 2.45) is 5.73 Å². The van der Waals surface area contributed by atoms with Gasteiger partial charge in [-0.1, -0.05) is 0 Å². The summed E-state index contributed by atoms with van der Waals surface area (Å²) in [7, 11) is 0. The number of carbonyl (C=O) groups excluding carboxylic acids is 1. The van der Waals surface area contributed by atoms with E-state index >= 15 is 0 Å². The van der Waals surface area contributed by atoms with Crippen molar-refractivity contribution >= 4 is 18.3 Å². The fourth-order valence-corrected chi connectivity index (χ4v) is 2.06. The molecule has 0 aromatic heterocycles. The topological polar surface area (TPSA) is 70.1 Å². The number of carbonyl (C=O) groups is 1. The van der Waals surface area contributed by atoms with Crippen LogP contribution in [-0.2, 0) is 0 Å². The van der Waals surface area contributed by atoms with Crippen LogP contribution in [0.15, 0.2) is 24.3 Å². The molecular weight excluding hydrogens is 250 g/mol. The van der Waals surface area contributed by atoms with Gasteiger partial charge in [-0.05, 0) is 37.1 Å². The summed E-state index contributed by atoms with van der Waals surface area (Å²) in [4.78, 5) is 13.9. The Balaban J connectivity index is 0.00000162. The molecule has 0 bridgehead atoms. The summed E-state index contributed by atoms with van der Waals surface area (Å²) in [6.45, 7) is 1.39. The third kappa shape index (κ3) is 3.22. The predicted molar refractivity (Wildman–Crippen MR) is 71.5 cm³/mol. The van der Waals surface area contributed by atoms with Gasteiger partial charge in [0.1, 0.15) is 0 Å². The fourth-order valence-electron chi connectivity index (χ4n) is 2.06. The van der Waals surface area contributed by atoms with Crippen LogP contribution in [0.25, 0.3) is 0 Å². The van der Waals surface area contributed by atoms with Gasteiger partial charge in [-0.2, -0.15) is 5.26 Å². The first-order valence-corrected chi connectivity index (χ1v) is 5.75. The SMILES string of the molecule is Cl.N#Cc1ccc(C(=O)N2CCCC(N)C2)cc1. The van der Waals surface area contributed by atoms with Gasteiger partial charge in [0.2, 0.25) is 0 Å². The average Bonchev–Trinajstić information content (AvgIpc) is 2.38. The van der Waals surface area contributed by atoms with E-state index in [0.717, 1.165) is 19.4 Å². The molecule has 1 aromatic carbocycles. The summed E-state index contributed by atoms with van der Waals surface area (Å²) >= 11 is 0. The molecule has 1 aliphatic rings. The highest BCUT2D eigenvalue weighted by atomic mass is 35.5. The number of nitrogens with two attached hydrogens (primary N) is 1. The molecule has 1 heterocycles. The summed E-state index contributed by atoms with van der Waals surface area (Å²) in [6, 6.07) is 8.84. The van der Waals surface area contributed by atoms with E-state index in [4.69, 9.17) is 11.0 Å². The normalized spacial score (nSPS) is 18.7. The highest BCUT2D eigenvalue weighted by Crippen LogP contribution is 2.13. The Morgan fingerprint density at radius 3 is 2.61 bits per heavy atom. The smallest absolute Gasteiger partial charge is 0.253 e. The van der Waals surface area contributed by atoms with Crippen molar-refractivity contribution in [2.75, 3.05) is 13.1 Å². The maximum Gasteiger partial charge on any atom is 0.253 e. The van der Waals surface area contributed by atoms with Gasteiger partial charge in [0.25, 0.3) is 5.91 Å². The molecule has 18 heavy (non-hydrogen) atoms. The van der Waals surface area contributed by atoms with Crippen LogP contribution in [0.3, 0.4) is 0 Å². The van der Waals surface area contributed by atoms with Crippen molar-refractivity contribution in [2.45, 2.75) is 18.9 Å². The molecule has 1 atom stereocenters. The van der Waals surface area contributed by atoms with Gasteiger partial charge in [-0.3, -0.25) is 4.79 Å². The second-order valence-electron chi connectivity index (χ2n) is 4.34. The third-order valence-electron chi connectivity index (χ3n) is 3.01. The van der Waals surface area contributed by atoms with Crippen LogP contribution in [-0.4, -0.2) is 29.9 Å². The standard InChI is InChI=1S/C13H15N3O.ClH/c14-8-10-3-5-11(6-4-10)13(17)16-7-1-2-12(15)9-16;/h3-6,12H,1-2,7,9,15H2;1H. The first-order chi connectivity index (χ1) is 8.20. The lowest BCUT2D eigenvalue weighted by atomic mass is 10.0. The van der Waals surface area contributed by atoms with E-state index in [0.29, 0.717) is 17.7 Å². The Bertz CT molecular complexity index is 452. The summed E-state index contributed by atoms with van der Waals surface area (Å²) < 4.78 is 0. The molecule has 2 N–H and O–H groups in total. The molecule has 1 amide bonds. The van der Waals surface area contributed by atoms with E-state index in [-0.39, 0.29) is 24.4 Å². The number of hydrogen-bond acceptors (Lipinski definition) is 3. The highest BCUT2D eigenvalue weighted by Gasteiger charge is 2.21. The van der Waals surface area contributed by atoms with Gasteiger partial charge < -0.3 is 10.6 Å². The first-order valence-electron chi connectivity index (χ1n) is 5.75. The van der Waals surface area contributed by atoms with Crippen LogP contribution < -0.4 is 5.73 Å². The van der Waals surface area contributed by atoms with Gasteiger partial charge >= 0.3 is 0 Å². The minimum Gasteiger partial charge on any atom is -0.337 e. The molecule has 0 aliphatic carbocycles. The minimum absolute atomic E-state index is 0. The minimum atomic E-state index is 0. The lowest BCUT2D eigenvalue weighted by Gasteiger charge is -2.30.